The lowest BCUT2D eigenvalue weighted by atomic mass is 9.95. The first-order chi connectivity index (χ1) is 13.5. The first kappa shape index (κ1) is 22.1. The van der Waals surface area contributed by atoms with Gasteiger partial charge in [0.1, 0.15) is 0 Å². The third-order valence-electron chi connectivity index (χ3n) is 5.56. The van der Waals surface area contributed by atoms with Gasteiger partial charge >= 0.3 is 5.97 Å². The van der Waals surface area contributed by atoms with Crippen molar-refractivity contribution in [1.82, 2.24) is 4.90 Å². The Morgan fingerprint density at radius 1 is 0.929 bits per heavy atom. The lowest BCUT2D eigenvalue weighted by Crippen LogP contribution is -2.42. The van der Waals surface area contributed by atoms with Crippen LogP contribution in [0.5, 0.6) is 0 Å². The summed E-state index contributed by atoms with van der Waals surface area (Å²) in [6.07, 6.45) is 8.39. The Morgan fingerprint density at radius 3 is 2.14 bits per heavy atom. The highest BCUT2D eigenvalue weighted by molar-refractivity contribution is 5.98. The molecule has 0 spiro atoms. The van der Waals surface area contributed by atoms with Crippen LogP contribution in [0.15, 0.2) is 24.3 Å². The molecule has 1 aliphatic rings. The number of methoxy groups -OCH3 is 1. The fraction of sp³-hybridized carbons (Fsp3) is 0.609. The summed E-state index contributed by atoms with van der Waals surface area (Å²) < 4.78 is 4.75. The minimum absolute atomic E-state index is 0.0149. The molecule has 0 saturated heterocycles. The molecular weight excluding hydrogens is 354 g/mol. The van der Waals surface area contributed by atoms with E-state index in [1.807, 2.05) is 36.1 Å². The van der Waals surface area contributed by atoms with Gasteiger partial charge in [0, 0.05) is 31.0 Å². The summed E-state index contributed by atoms with van der Waals surface area (Å²) in [5.74, 6) is -0.353. The summed E-state index contributed by atoms with van der Waals surface area (Å²) in [6, 6.07) is 7.60. The number of carbonyl (C=O) groups excluding carboxylic acids is 3. The Bertz CT molecular complexity index is 645. The third kappa shape index (κ3) is 7.10. The molecule has 0 unspecified atom stereocenters. The summed E-state index contributed by atoms with van der Waals surface area (Å²) in [7, 11) is 1.37. The fourth-order valence-corrected chi connectivity index (χ4v) is 3.82. The van der Waals surface area contributed by atoms with Crippen LogP contribution in [0, 0.1) is 6.92 Å². The molecule has 1 fully saturated rings. The zero-order valence-electron chi connectivity index (χ0n) is 17.2. The molecule has 0 bridgehead atoms. The molecule has 1 saturated carbocycles. The van der Waals surface area contributed by atoms with Gasteiger partial charge in [0.2, 0.25) is 5.91 Å². The molecule has 1 amide bonds. The Balaban J connectivity index is 1.98. The Morgan fingerprint density at radius 2 is 1.54 bits per heavy atom. The van der Waals surface area contributed by atoms with Crippen molar-refractivity contribution in [2.75, 3.05) is 13.7 Å². The van der Waals surface area contributed by atoms with E-state index < -0.39 is 0 Å². The quantitative estimate of drug-likeness (QED) is 0.488. The number of Topliss-reactive ketones (excluding diaryl/α,β-unsaturated/α-hetero) is 1. The zero-order valence-corrected chi connectivity index (χ0v) is 17.2. The van der Waals surface area contributed by atoms with Gasteiger partial charge in [0.15, 0.2) is 5.78 Å². The lowest BCUT2D eigenvalue weighted by molar-refractivity contribution is -0.142. The van der Waals surface area contributed by atoms with Gasteiger partial charge in [-0.3, -0.25) is 14.4 Å². The van der Waals surface area contributed by atoms with E-state index in [-0.39, 0.29) is 43.0 Å². The molecule has 0 aromatic heterocycles. The van der Waals surface area contributed by atoms with Crippen LogP contribution in [0.2, 0.25) is 0 Å². The van der Waals surface area contributed by atoms with Gasteiger partial charge < -0.3 is 9.64 Å². The summed E-state index contributed by atoms with van der Waals surface area (Å²) in [5, 5.41) is 0. The van der Waals surface area contributed by atoms with Crippen molar-refractivity contribution in [3.63, 3.8) is 0 Å². The van der Waals surface area contributed by atoms with E-state index in [1.54, 1.807) is 0 Å². The van der Waals surface area contributed by atoms with Crippen molar-refractivity contribution in [3.8, 4) is 0 Å². The van der Waals surface area contributed by atoms with E-state index in [4.69, 9.17) is 4.74 Å². The normalized spacial score (nSPS) is 15.4. The molecule has 0 heterocycles. The molecule has 5 nitrogen and oxygen atoms in total. The molecule has 1 aromatic rings. The van der Waals surface area contributed by atoms with Gasteiger partial charge in [-0.2, -0.15) is 0 Å². The van der Waals surface area contributed by atoms with Crippen LogP contribution in [0.25, 0.3) is 0 Å². The lowest BCUT2D eigenvalue weighted by Gasteiger charge is -2.33. The summed E-state index contributed by atoms with van der Waals surface area (Å²) in [6.45, 7) is 2.35. The molecule has 0 atom stereocenters. The second-order valence-electron chi connectivity index (χ2n) is 7.70. The van der Waals surface area contributed by atoms with E-state index in [1.165, 1.54) is 26.4 Å². The molecule has 0 aliphatic heterocycles. The van der Waals surface area contributed by atoms with Crippen LogP contribution in [0.3, 0.4) is 0 Å². The molecular formula is C23H33NO4. The topological polar surface area (TPSA) is 63.7 Å². The summed E-state index contributed by atoms with van der Waals surface area (Å²) in [4.78, 5) is 38.8. The number of hydrogen-bond donors (Lipinski definition) is 0. The highest BCUT2D eigenvalue weighted by Crippen LogP contribution is 2.23. The van der Waals surface area contributed by atoms with Gasteiger partial charge in [-0.15, -0.1) is 0 Å². The Labute approximate surface area is 168 Å². The molecule has 154 valence electrons. The first-order valence-corrected chi connectivity index (χ1v) is 10.5. The standard InChI is InChI=1S/C23H33NO4/c1-18-10-12-19(13-11-18)21(25)14-15-22(26)24(17-16-23(27)28-2)20-8-6-4-3-5-7-9-20/h10-13,20H,3-9,14-17H2,1-2H3. The average molecular weight is 388 g/mol. The average Bonchev–Trinajstić information content (AvgIpc) is 2.67. The number of nitrogens with zero attached hydrogens (tertiary/aromatic N) is 1. The number of esters is 1. The second kappa shape index (κ2) is 11.6. The highest BCUT2D eigenvalue weighted by Gasteiger charge is 2.25. The monoisotopic (exact) mass is 387 g/mol. The number of ketones is 1. The van der Waals surface area contributed by atoms with Crippen molar-refractivity contribution in [1.29, 1.82) is 0 Å². The molecule has 0 N–H and O–H groups in total. The van der Waals surface area contributed by atoms with Crippen LogP contribution in [-0.2, 0) is 14.3 Å². The van der Waals surface area contributed by atoms with E-state index in [0.717, 1.165) is 31.2 Å². The maximum absolute atomic E-state index is 13.0. The van der Waals surface area contributed by atoms with Crippen molar-refractivity contribution >= 4 is 17.7 Å². The van der Waals surface area contributed by atoms with Crippen LogP contribution in [-0.4, -0.2) is 42.3 Å². The van der Waals surface area contributed by atoms with Crippen molar-refractivity contribution in [2.45, 2.75) is 77.2 Å². The number of benzene rings is 1. The number of aryl methyl sites for hydroxylation is 1. The number of ether oxygens (including phenoxy) is 1. The smallest absolute Gasteiger partial charge is 0.307 e. The van der Waals surface area contributed by atoms with Crippen LogP contribution >= 0.6 is 0 Å². The number of rotatable bonds is 8. The highest BCUT2D eigenvalue weighted by atomic mass is 16.5. The van der Waals surface area contributed by atoms with E-state index >= 15 is 0 Å². The molecule has 5 heteroatoms. The molecule has 1 aliphatic carbocycles. The van der Waals surface area contributed by atoms with Gasteiger partial charge in [0.05, 0.1) is 13.5 Å². The van der Waals surface area contributed by atoms with Crippen LogP contribution in [0.4, 0.5) is 0 Å². The maximum atomic E-state index is 13.0. The first-order valence-electron chi connectivity index (χ1n) is 10.5. The van der Waals surface area contributed by atoms with Gasteiger partial charge in [-0.25, -0.2) is 0 Å². The largest absolute Gasteiger partial charge is 0.469 e. The van der Waals surface area contributed by atoms with E-state index in [0.29, 0.717) is 12.1 Å². The molecule has 2 rings (SSSR count). The minimum atomic E-state index is -0.306. The molecule has 0 radical (unpaired) electrons. The van der Waals surface area contributed by atoms with Gasteiger partial charge in [-0.1, -0.05) is 61.9 Å². The van der Waals surface area contributed by atoms with E-state index in [2.05, 4.69) is 0 Å². The number of hydrogen-bond acceptors (Lipinski definition) is 4. The Hall–Kier alpha value is -2.17. The van der Waals surface area contributed by atoms with Crippen LogP contribution in [0.1, 0.15) is 80.1 Å². The zero-order chi connectivity index (χ0) is 20.4. The van der Waals surface area contributed by atoms with E-state index in [9.17, 15) is 14.4 Å². The van der Waals surface area contributed by atoms with Crippen molar-refractivity contribution in [2.24, 2.45) is 0 Å². The summed E-state index contributed by atoms with van der Waals surface area (Å²) in [5.41, 5.74) is 1.75. The van der Waals surface area contributed by atoms with Gasteiger partial charge in [0.25, 0.3) is 0 Å². The fourth-order valence-electron chi connectivity index (χ4n) is 3.82. The molecule has 28 heavy (non-hydrogen) atoms. The minimum Gasteiger partial charge on any atom is -0.469 e. The van der Waals surface area contributed by atoms with Crippen molar-refractivity contribution < 1.29 is 19.1 Å². The summed E-state index contributed by atoms with van der Waals surface area (Å²) >= 11 is 0. The third-order valence-corrected chi connectivity index (χ3v) is 5.56. The van der Waals surface area contributed by atoms with Crippen molar-refractivity contribution in [3.05, 3.63) is 35.4 Å². The Kier molecular flexibility index (Phi) is 9.18. The van der Waals surface area contributed by atoms with Gasteiger partial charge in [-0.05, 0) is 19.8 Å². The SMILES string of the molecule is COC(=O)CCN(C(=O)CCC(=O)c1ccc(C)cc1)C1CCCCCCC1. The predicted octanol–water partition coefficient (Wildman–Crippen LogP) is 4.46. The molecule has 1 aromatic carbocycles. The second-order valence-corrected chi connectivity index (χ2v) is 7.70. The van der Waals surface area contributed by atoms with Crippen LogP contribution < -0.4 is 0 Å². The number of amides is 1. The predicted molar refractivity (Wildman–Crippen MR) is 109 cm³/mol. The number of carbonyl (C=O) groups is 3. The maximum Gasteiger partial charge on any atom is 0.307 e.